The number of hydrogen-bond acceptors (Lipinski definition) is 6. The molecule has 0 saturated carbocycles. The first-order valence-electron chi connectivity index (χ1n) is 25.7. The highest BCUT2D eigenvalue weighted by Crippen LogP contribution is 2.11. The Kier molecular flexibility index (Phi) is 49.2. The van der Waals surface area contributed by atoms with E-state index in [0.717, 1.165) is 122 Å². The van der Waals surface area contributed by atoms with E-state index in [0.29, 0.717) is 19.3 Å². The van der Waals surface area contributed by atoms with Crippen LogP contribution in [0, 0.1) is 0 Å². The van der Waals surface area contributed by atoms with E-state index < -0.39 is 6.10 Å². The molecule has 0 N–H and O–H groups in total. The molecule has 0 aliphatic heterocycles. The topological polar surface area (TPSA) is 78.9 Å². The number of carbonyl (C=O) groups excluding carboxylic acids is 3. The van der Waals surface area contributed by atoms with E-state index in [2.05, 4.69) is 130 Å². The Bertz CT molecular complexity index is 1620. The van der Waals surface area contributed by atoms with Crippen LogP contribution in [0.4, 0.5) is 0 Å². The van der Waals surface area contributed by atoms with Crippen LogP contribution in [-0.4, -0.2) is 37.2 Å². The third-order valence-electron chi connectivity index (χ3n) is 9.86. The molecule has 0 fully saturated rings. The van der Waals surface area contributed by atoms with Gasteiger partial charge in [-0.05, 0) is 116 Å². The fourth-order valence-corrected chi connectivity index (χ4v) is 6.10. The van der Waals surface area contributed by atoms with Crippen molar-refractivity contribution in [1.82, 2.24) is 0 Å². The SMILES string of the molecule is CC\C=C/C=C\C=C/C=C\C=C\C=C/CCCCCC(=O)OCC(COC(=O)CCCCC/C=C\C/C=C\C/C=C\C/C=C\CC)OC(=O)CCCCC/C=C\C/C=C\C/C=C\C/C=C\CC. The summed E-state index contributed by atoms with van der Waals surface area (Å²) in [5, 5.41) is 0. The maximum absolute atomic E-state index is 12.8. The fourth-order valence-electron chi connectivity index (χ4n) is 6.10. The van der Waals surface area contributed by atoms with E-state index in [1.165, 1.54) is 0 Å². The molecule has 0 spiro atoms. The molecule has 0 aliphatic rings. The van der Waals surface area contributed by atoms with Crippen molar-refractivity contribution in [1.29, 1.82) is 0 Å². The molecular weight excluding hydrogens is 829 g/mol. The second-order valence-electron chi connectivity index (χ2n) is 16.1. The van der Waals surface area contributed by atoms with Gasteiger partial charge in [0.25, 0.3) is 0 Å². The Morgan fingerprint density at radius 2 is 0.612 bits per heavy atom. The van der Waals surface area contributed by atoms with Crippen LogP contribution in [0.3, 0.4) is 0 Å². The predicted octanol–water partition coefficient (Wildman–Crippen LogP) is 17.2. The van der Waals surface area contributed by atoms with Crippen LogP contribution in [0.1, 0.15) is 175 Å². The van der Waals surface area contributed by atoms with Crippen LogP contribution in [0.2, 0.25) is 0 Å². The van der Waals surface area contributed by atoms with E-state index in [9.17, 15) is 14.4 Å². The van der Waals surface area contributed by atoms with Crippen molar-refractivity contribution in [3.05, 3.63) is 170 Å². The zero-order valence-corrected chi connectivity index (χ0v) is 42.1. The molecule has 0 aromatic heterocycles. The first-order valence-corrected chi connectivity index (χ1v) is 25.7. The minimum atomic E-state index is -0.836. The first kappa shape index (κ1) is 61.8. The van der Waals surface area contributed by atoms with Gasteiger partial charge in [0, 0.05) is 19.3 Å². The summed E-state index contributed by atoms with van der Waals surface area (Å²) in [5.41, 5.74) is 0. The molecule has 0 heterocycles. The molecule has 370 valence electrons. The van der Waals surface area contributed by atoms with Crippen molar-refractivity contribution >= 4 is 17.9 Å². The van der Waals surface area contributed by atoms with Crippen molar-refractivity contribution in [2.75, 3.05) is 13.2 Å². The monoisotopic (exact) mass is 919 g/mol. The van der Waals surface area contributed by atoms with E-state index >= 15 is 0 Å². The third kappa shape index (κ3) is 51.6. The second kappa shape index (κ2) is 53.4. The molecule has 6 heteroatoms. The molecular formula is C61H90O6. The Hall–Kier alpha value is -5.23. The second-order valence-corrected chi connectivity index (χ2v) is 16.1. The van der Waals surface area contributed by atoms with Crippen molar-refractivity contribution < 1.29 is 28.6 Å². The van der Waals surface area contributed by atoms with E-state index in [-0.39, 0.29) is 44.0 Å². The van der Waals surface area contributed by atoms with Crippen LogP contribution in [0.5, 0.6) is 0 Å². The van der Waals surface area contributed by atoms with Crippen molar-refractivity contribution in [2.45, 2.75) is 181 Å². The number of ether oxygens (including phenoxy) is 3. The highest BCUT2D eigenvalue weighted by molar-refractivity contribution is 5.71. The maximum Gasteiger partial charge on any atom is 0.306 e. The summed E-state index contributed by atoms with van der Waals surface area (Å²) >= 11 is 0. The lowest BCUT2D eigenvalue weighted by molar-refractivity contribution is -0.167. The normalized spacial score (nSPS) is 13.5. The fraction of sp³-hybridized carbons (Fsp3) is 0.492. The van der Waals surface area contributed by atoms with Crippen molar-refractivity contribution in [2.24, 2.45) is 0 Å². The van der Waals surface area contributed by atoms with Gasteiger partial charge in [-0.1, -0.05) is 210 Å². The van der Waals surface area contributed by atoms with Gasteiger partial charge in [-0.15, -0.1) is 0 Å². The van der Waals surface area contributed by atoms with Crippen LogP contribution in [0.25, 0.3) is 0 Å². The van der Waals surface area contributed by atoms with Gasteiger partial charge in [0.05, 0.1) is 0 Å². The summed E-state index contributed by atoms with van der Waals surface area (Å²) in [5.74, 6) is -1.05. The summed E-state index contributed by atoms with van der Waals surface area (Å²) in [6, 6.07) is 0. The zero-order chi connectivity index (χ0) is 48.6. The average Bonchev–Trinajstić information content (AvgIpc) is 3.33. The number of unbranched alkanes of at least 4 members (excludes halogenated alkanes) is 9. The quantitative estimate of drug-likeness (QED) is 0.0199. The van der Waals surface area contributed by atoms with Crippen LogP contribution >= 0.6 is 0 Å². The van der Waals surface area contributed by atoms with Gasteiger partial charge in [0.2, 0.25) is 0 Å². The molecule has 0 aromatic rings. The summed E-state index contributed by atoms with van der Waals surface area (Å²) in [6.45, 7) is 6.14. The Balaban J connectivity index is 4.64. The lowest BCUT2D eigenvalue weighted by Crippen LogP contribution is -2.30. The summed E-state index contributed by atoms with van der Waals surface area (Å²) in [4.78, 5) is 38.0. The highest BCUT2D eigenvalue weighted by atomic mass is 16.6. The molecule has 0 saturated heterocycles. The lowest BCUT2D eigenvalue weighted by atomic mass is 10.1. The molecule has 67 heavy (non-hydrogen) atoms. The molecule has 0 bridgehead atoms. The van der Waals surface area contributed by atoms with Gasteiger partial charge in [0.1, 0.15) is 13.2 Å². The van der Waals surface area contributed by atoms with E-state index in [1.54, 1.807) is 0 Å². The van der Waals surface area contributed by atoms with Crippen LogP contribution < -0.4 is 0 Å². The van der Waals surface area contributed by atoms with Crippen molar-refractivity contribution in [3.8, 4) is 0 Å². The van der Waals surface area contributed by atoms with E-state index in [4.69, 9.17) is 14.2 Å². The number of esters is 3. The molecule has 0 aliphatic carbocycles. The lowest BCUT2D eigenvalue weighted by Gasteiger charge is -2.18. The third-order valence-corrected chi connectivity index (χ3v) is 9.86. The average molecular weight is 919 g/mol. The molecule has 0 amide bonds. The molecule has 0 radical (unpaired) electrons. The van der Waals surface area contributed by atoms with E-state index in [1.807, 2.05) is 60.8 Å². The van der Waals surface area contributed by atoms with Gasteiger partial charge in [-0.25, -0.2) is 0 Å². The summed E-state index contributed by atoms with van der Waals surface area (Å²) < 4.78 is 16.7. The summed E-state index contributed by atoms with van der Waals surface area (Å²) in [7, 11) is 0. The Morgan fingerprint density at radius 3 is 0.985 bits per heavy atom. The zero-order valence-electron chi connectivity index (χ0n) is 42.1. The minimum absolute atomic E-state index is 0.132. The number of allylic oxidation sites excluding steroid dienone is 28. The van der Waals surface area contributed by atoms with Crippen LogP contribution in [-0.2, 0) is 28.6 Å². The molecule has 0 rings (SSSR count). The molecule has 0 aromatic carbocycles. The molecule has 6 nitrogen and oxygen atoms in total. The number of hydrogen-bond donors (Lipinski definition) is 0. The molecule has 1 atom stereocenters. The number of carbonyl (C=O) groups is 3. The maximum atomic E-state index is 12.8. The Morgan fingerprint density at radius 1 is 0.313 bits per heavy atom. The molecule has 1 unspecified atom stereocenters. The van der Waals surface area contributed by atoms with Crippen molar-refractivity contribution in [3.63, 3.8) is 0 Å². The summed E-state index contributed by atoms with van der Waals surface area (Å²) in [6.07, 6.45) is 79.0. The number of rotatable bonds is 43. The highest BCUT2D eigenvalue weighted by Gasteiger charge is 2.19. The van der Waals surface area contributed by atoms with Gasteiger partial charge < -0.3 is 14.2 Å². The standard InChI is InChI=1S/C61H90O6/c1-4-7-10-13-16-19-22-25-28-31-34-36-39-42-45-48-51-54-60(63)66-57-58(67-61(64)55-52-49-46-43-40-37-33-30-27-24-21-18-15-12-9-6-3)56-65-59(62)53-50-47-44-41-38-35-32-29-26-23-20-17-14-11-8-5-2/h7-13,16-22,25-31,34-40,58H,4-6,14-15,23-24,32-33,41-57H2,1-3H3/b10-7-,11-8-,12-9-,16-13-,20-17-,21-18-,22-19-,28-25-,29-26-,30-27-,34-31+,38-35-,39-36-,40-37-. The van der Waals surface area contributed by atoms with Gasteiger partial charge in [0.15, 0.2) is 6.10 Å². The van der Waals surface area contributed by atoms with Gasteiger partial charge in [-0.2, -0.15) is 0 Å². The smallest absolute Gasteiger partial charge is 0.306 e. The predicted molar refractivity (Wildman–Crippen MR) is 288 cm³/mol. The van der Waals surface area contributed by atoms with Crippen LogP contribution in [0.15, 0.2) is 170 Å². The Labute approximate surface area is 409 Å². The largest absolute Gasteiger partial charge is 0.462 e. The first-order chi connectivity index (χ1) is 33.0. The van der Waals surface area contributed by atoms with Gasteiger partial charge in [-0.3, -0.25) is 14.4 Å². The minimum Gasteiger partial charge on any atom is -0.462 e. The van der Waals surface area contributed by atoms with Gasteiger partial charge >= 0.3 is 17.9 Å².